The van der Waals surface area contributed by atoms with Crippen molar-refractivity contribution >= 4 is 0 Å². The standard InChI is InChI=1S/C12H25NO/c1-11-6-7-12(2)13(10-11)8-4-3-5-9-14/h11-12,14H,3-10H2,1-2H3. The molecule has 0 aliphatic carbocycles. The molecule has 1 aliphatic heterocycles. The van der Waals surface area contributed by atoms with Gasteiger partial charge in [0.25, 0.3) is 0 Å². The normalized spacial score (nSPS) is 29.4. The molecule has 0 aromatic heterocycles. The number of hydrogen-bond acceptors (Lipinski definition) is 2. The van der Waals surface area contributed by atoms with Gasteiger partial charge in [0, 0.05) is 19.2 Å². The summed E-state index contributed by atoms with van der Waals surface area (Å²) in [7, 11) is 0. The van der Waals surface area contributed by atoms with Gasteiger partial charge < -0.3 is 10.0 Å². The van der Waals surface area contributed by atoms with E-state index >= 15 is 0 Å². The second kappa shape index (κ2) is 6.41. The van der Waals surface area contributed by atoms with E-state index in [1.54, 1.807) is 0 Å². The number of unbranched alkanes of at least 4 members (excludes halogenated alkanes) is 2. The topological polar surface area (TPSA) is 23.5 Å². The van der Waals surface area contributed by atoms with E-state index in [-0.39, 0.29) is 0 Å². The van der Waals surface area contributed by atoms with Crippen molar-refractivity contribution in [1.29, 1.82) is 0 Å². The monoisotopic (exact) mass is 199 g/mol. The lowest BCUT2D eigenvalue weighted by Gasteiger charge is -2.36. The molecule has 2 heteroatoms. The number of aliphatic hydroxyl groups excluding tert-OH is 1. The molecule has 2 atom stereocenters. The summed E-state index contributed by atoms with van der Waals surface area (Å²) in [5, 5.41) is 8.68. The highest BCUT2D eigenvalue weighted by Gasteiger charge is 2.21. The molecule has 0 spiro atoms. The smallest absolute Gasteiger partial charge is 0.0431 e. The van der Waals surface area contributed by atoms with Gasteiger partial charge in [-0.2, -0.15) is 0 Å². The maximum Gasteiger partial charge on any atom is 0.0431 e. The number of rotatable bonds is 5. The predicted octanol–water partition coefficient (Wildman–Crippen LogP) is 2.27. The minimum absolute atomic E-state index is 0.353. The maximum absolute atomic E-state index is 8.68. The van der Waals surface area contributed by atoms with Crippen LogP contribution in [0.3, 0.4) is 0 Å². The van der Waals surface area contributed by atoms with Gasteiger partial charge >= 0.3 is 0 Å². The molecule has 0 saturated carbocycles. The van der Waals surface area contributed by atoms with E-state index in [4.69, 9.17) is 5.11 Å². The number of piperidine rings is 1. The van der Waals surface area contributed by atoms with Crippen LogP contribution in [0.5, 0.6) is 0 Å². The first-order valence-electron chi connectivity index (χ1n) is 6.09. The van der Waals surface area contributed by atoms with Crippen molar-refractivity contribution in [3.8, 4) is 0 Å². The Morgan fingerprint density at radius 3 is 2.64 bits per heavy atom. The molecular weight excluding hydrogens is 174 g/mol. The van der Waals surface area contributed by atoms with Crippen molar-refractivity contribution in [2.45, 2.75) is 52.0 Å². The van der Waals surface area contributed by atoms with Gasteiger partial charge in [0.05, 0.1) is 0 Å². The summed E-state index contributed by atoms with van der Waals surface area (Å²) in [5.74, 6) is 0.879. The molecule has 1 saturated heterocycles. The number of aliphatic hydroxyl groups is 1. The van der Waals surface area contributed by atoms with Crippen molar-refractivity contribution in [3.63, 3.8) is 0 Å². The van der Waals surface area contributed by atoms with Crippen LogP contribution in [-0.2, 0) is 0 Å². The van der Waals surface area contributed by atoms with Gasteiger partial charge in [-0.1, -0.05) is 6.92 Å². The average molecular weight is 199 g/mol. The van der Waals surface area contributed by atoms with E-state index < -0.39 is 0 Å². The fourth-order valence-electron chi connectivity index (χ4n) is 2.30. The van der Waals surface area contributed by atoms with Gasteiger partial charge in [0.2, 0.25) is 0 Å². The van der Waals surface area contributed by atoms with Gasteiger partial charge in [0.15, 0.2) is 0 Å². The minimum atomic E-state index is 0.353. The zero-order chi connectivity index (χ0) is 10.4. The lowest BCUT2D eigenvalue weighted by Crippen LogP contribution is -2.41. The van der Waals surface area contributed by atoms with Crippen molar-refractivity contribution in [3.05, 3.63) is 0 Å². The largest absolute Gasteiger partial charge is 0.396 e. The summed E-state index contributed by atoms with van der Waals surface area (Å²) in [5.41, 5.74) is 0. The van der Waals surface area contributed by atoms with E-state index in [1.165, 1.54) is 38.8 Å². The highest BCUT2D eigenvalue weighted by molar-refractivity contribution is 4.76. The minimum Gasteiger partial charge on any atom is -0.396 e. The van der Waals surface area contributed by atoms with Crippen LogP contribution in [0.1, 0.15) is 46.0 Å². The summed E-state index contributed by atoms with van der Waals surface area (Å²) in [4.78, 5) is 2.62. The third-order valence-corrected chi connectivity index (χ3v) is 3.35. The number of hydrogen-bond donors (Lipinski definition) is 1. The first kappa shape index (κ1) is 12.0. The van der Waals surface area contributed by atoms with Crippen molar-refractivity contribution in [2.24, 2.45) is 5.92 Å². The van der Waals surface area contributed by atoms with Crippen LogP contribution >= 0.6 is 0 Å². The molecule has 0 bridgehead atoms. The van der Waals surface area contributed by atoms with Crippen molar-refractivity contribution in [2.75, 3.05) is 19.7 Å². The van der Waals surface area contributed by atoms with E-state index in [0.717, 1.165) is 18.4 Å². The van der Waals surface area contributed by atoms with Crippen molar-refractivity contribution in [1.82, 2.24) is 4.90 Å². The van der Waals surface area contributed by atoms with Gasteiger partial charge in [-0.3, -0.25) is 0 Å². The first-order valence-corrected chi connectivity index (χ1v) is 6.09. The maximum atomic E-state index is 8.68. The molecule has 84 valence electrons. The quantitative estimate of drug-likeness (QED) is 0.687. The second-order valence-electron chi connectivity index (χ2n) is 4.81. The Balaban J connectivity index is 2.14. The summed E-state index contributed by atoms with van der Waals surface area (Å²) in [6, 6.07) is 0.778. The average Bonchev–Trinajstić information content (AvgIpc) is 2.18. The molecule has 14 heavy (non-hydrogen) atoms. The predicted molar refractivity (Wildman–Crippen MR) is 60.4 cm³/mol. The van der Waals surface area contributed by atoms with Crippen LogP contribution < -0.4 is 0 Å². The lowest BCUT2D eigenvalue weighted by atomic mass is 9.95. The molecule has 0 amide bonds. The molecule has 1 aliphatic rings. The van der Waals surface area contributed by atoms with Crippen LogP contribution in [0, 0.1) is 5.92 Å². The second-order valence-corrected chi connectivity index (χ2v) is 4.81. The van der Waals surface area contributed by atoms with Crippen molar-refractivity contribution < 1.29 is 5.11 Å². The molecule has 2 unspecified atom stereocenters. The Bertz CT molecular complexity index is 149. The highest BCUT2D eigenvalue weighted by atomic mass is 16.2. The van der Waals surface area contributed by atoms with Gasteiger partial charge in [-0.05, 0) is 51.5 Å². The van der Waals surface area contributed by atoms with Crippen LogP contribution in [0.2, 0.25) is 0 Å². The Hall–Kier alpha value is -0.0800. The molecule has 1 fully saturated rings. The van der Waals surface area contributed by atoms with Crippen LogP contribution in [0.25, 0.3) is 0 Å². The Kier molecular flexibility index (Phi) is 5.49. The van der Waals surface area contributed by atoms with E-state index in [0.29, 0.717) is 6.61 Å². The molecular formula is C12H25NO. The first-order chi connectivity index (χ1) is 6.74. The van der Waals surface area contributed by atoms with E-state index in [9.17, 15) is 0 Å². The number of nitrogens with zero attached hydrogens (tertiary/aromatic N) is 1. The van der Waals surface area contributed by atoms with E-state index in [1.807, 2.05) is 0 Å². The summed E-state index contributed by atoms with van der Waals surface area (Å²) >= 11 is 0. The van der Waals surface area contributed by atoms with Crippen LogP contribution in [0.4, 0.5) is 0 Å². The molecule has 2 nitrogen and oxygen atoms in total. The Morgan fingerprint density at radius 2 is 1.93 bits per heavy atom. The summed E-state index contributed by atoms with van der Waals surface area (Å²) in [6.45, 7) is 7.56. The van der Waals surface area contributed by atoms with Gasteiger partial charge in [0.1, 0.15) is 0 Å². The SMILES string of the molecule is CC1CCC(C)N(CCCCCO)C1. The molecule has 0 radical (unpaired) electrons. The van der Waals surface area contributed by atoms with Gasteiger partial charge in [-0.25, -0.2) is 0 Å². The Labute approximate surface area is 88.3 Å². The third-order valence-electron chi connectivity index (χ3n) is 3.35. The van der Waals surface area contributed by atoms with Crippen LogP contribution in [0.15, 0.2) is 0 Å². The molecule has 0 aromatic rings. The Morgan fingerprint density at radius 1 is 1.14 bits per heavy atom. The molecule has 1 heterocycles. The van der Waals surface area contributed by atoms with Gasteiger partial charge in [-0.15, -0.1) is 0 Å². The molecule has 1 N–H and O–H groups in total. The lowest BCUT2D eigenvalue weighted by molar-refractivity contribution is 0.122. The summed E-state index contributed by atoms with van der Waals surface area (Å²) < 4.78 is 0. The fourth-order valence-corrected chi connectivity index (χ4v) is 2.30. The molecule has 0 aromatic carbocycles. The number of likely N-dealkylation sites (tertiary alicyclic amines) is 1. The zero-order valence-electron chi connectivity index (χ0n) is 9.71. The molecule has 1 rings (SSSR count). The highest BCUT2D eigenvalue weighted by Crippen LogP contribution is 2.21. The summed E-state index contributed by atoms with van der Waals surface area (Å²) in [6.07, 6.45) is 6.15. The van der Waals surface area contributed by atoms with E-state index in [2.05, 4.69) is 18.7 Å². The zero-order valence-corrected chi connectivity index (χ0v) is 9.71. The third kappa shape index (κ3) is 3.97. The van der Waals surface area contributed by atoms with Crippen LogP contribution in [-0.4, -0.2) is 35.7 Å². The fraction of sp³-hybridized carbons (Fsp3) is 1.00.